The van der Waals surface area contributed by atoms with Crippen LogP contribution in [-0.2, 0) is 11.3 Å². The molecule has 1 aliphatic carbocycles. The van der Waals surface area contributed by atoms with Gasteiger partial charge in [0.05, 0.1) is 18.0 Å². The van der Waals surface area contributed by atoms with E-state index in [-0.39, 0.29) is 5.91 Å². The maximum Gasteiger partial charge on any atom is 0.276 e. The van der Waals surface area contributed by atoms with Gasteiger partial charge in [0.1, 0.15) is 12.1 Å². The van der Waals surface area contributed by atoms with Gasteiger partial charge >= 0.3 is 0 Å². The summed E-state index contributed by atoms with van der Waals surface area (Å²) in [6, 6.07) is 4.36. The number of aryl methyl sites for hydroxylation is 1. The van der Waals surface area contributed by atoms with Gasteiger partial charge in [-0.05, 0) is 49.6 Å². The normalized spacial score (nSPS) is 18.9. The minimum absolute atomic E-state index is 0.0346. The lowest BCUT2D eigenvalue weighted by Gasteiger charge is -2.23. The van der Waals surface area contributed by atoms with Crippen molar-refractivity contribution in [2.75, 3.05) is 13.6 Å². The van der Waals surface area contributed by atoms with Gasteiger partial charge in [-0.3, -0.25) is 4.79 Å². The molecule has 0 aromatic carbocycles. The van der Waals surface area contributed by atoms with Crippen molar-refractivity contribution in [1.29, 1.82) is 5.26 Å². The molecule has 1 fully saturated rings. The van der Waals surface area contributed by atoms with Crippen LogP contribution in [0.25, 0.3) is 0 Å². The third-order valence-electron chi connectivity index (χ3n) is 3.92. The number of likely N-dealkylation sites (N-methyl/N-ethyl adjacent to an activating group) is 1. The van der Waals surface area contributed by atoms with E-state index in [1.54, 1.807) is 11.3 Å². The third-order valence-corrected chi connectivity index (χ3v) is 4.94. The molecule has 1 aliphatic rings. The standard InChI is InChI=1S/C15H21N3OS/c1-11-6-7-20-13(11)8-18(3)9-14(19)17-15(2,10-16)12-4-5-12/h6-7,12H,4-5,8-9H2,1-3H3,(H,17,19)/p+1/t15-/m1/s1. The van der Waals surface area contributed by atoms with E-state index >= 15 is 0 Å². The Kier molecular flexibility index (Phi) is 4.46. The summed E-state index contributed by atoms with van der Waals surface area (Å²) in [6.45, 7) is 5.19. The monoisotopic (exact) mass is 292 g/mol. The Balaban J connectivity index is 1.85. The molecular weight excluding hydrogens is 270 g/mol. The molecule has 1 aromatic rings. The second-order valence-corrected chi connectivity index (χ2v) is 6.97. The minimum Gasteiger partial charge on any atom is -0.333 e. The van der Waals surface area contributed by atoms with Gasteiger partial charge in [-0.1, -0.05) is 0 Å². The van der Waals surface area contributed by atoms with E-state index in [2.05, 4.69) is 29.8 Å². The molecule has 4 nitrogen and oxygen atoms in total. The first-order chi connectivity index (χ1) is 9.44. The molecule has 1 unspecified atom stereocenters. The molecular formula is C15H22N3OS+. The summed E-state index contributed by atoms with van der Waals surface area (Å²) in [5.41, 5.74) is 0.602. The topological polar surface area (TPSA) is 57.3 Å². The lowest BCUT2D eigenvalue weighted by atomic mass is 9.98. The van der Waals surface area contributed by atoms with Crippen LogP contribution in [0.15, 0.2) is 11.4 Å². The number of amides is 1. The highest BCUT2D eigenvalue weighted by Crippen LogP contribution is 2.39. The molecule has 0 radical (unpaired) electrons. The molecule has 1 aromatic heterocycles. The number of carbonyl (C=O) groups is 1. The number of nitrogens with one attached hydrogen (secondary N) is 2. The first-order valence-corrected chi connectivity index (χ1v) is 7.89. The summed E-state index contributed by atoms with van der Waals surface area (Å²) in [5, 5.41) is 14.2. The molecule has 2 atom stereocenters. The van der Waals surface area contributed by atoms with Gasteiger partial charge in [-0.25, -0.2) is 0 Å². The summed E-state index contributed by atoms with van der Waals surface area (Å²) in [7, 11) is 2.01. The maximum absolute atomic E-state index is 12.1. The minimum atomic E-state index is -0.684. The van der Waals surface area contributed by atoms with Crippen LogP contribution in [0.1, 0.15) is 30.2 Å². The van der Waals surface area contributed by atoms with Crippen LogP contribution in [0.2, 0.25) is 0 Å². The zero-order valence-corrected chi connectivity index (χ0v) is 13.1. The summed E-state index contributed by atoms with van der Waals surface area (Å²) < 4.78 is 0. The van der Waals surface area contributed by atoms with Crippen molar-refractivity contribution in [1.82, 2.24) is 5.32 Å². The Morgan fingerprint density at radius 1 is 1.65 bits per heavy atom. The molecule has 0 spiro atoms. The van der Waals surface area contributed by atoms with E-state index in [4.69, 9.17) is 0 Å². The van der Waals surface area contributed by atoms with Crippen LogP contribution in [0, 0.1) is 24.2 Å². The van der Waals surface area contributed by atoms with Crippen LogP contribution in [0.4, 0.5) is 0 Å². The Morgan fingerprint density at radius 3 is 2.85 bits per heavy atom. The lowest BCUT2D eigenvalue weighted by molar-refractivity contribution is -0.885. The van der Waals surface area contributed by atoms with Crippen molar-refractivity contribution in [3.05, 3.63) is 21.9 Å². The predicted octanol–water partition coefficient (Wildman–Crippen LogP) is 0.880. The Labute approximate surface area is 124 Å². The number of hydrogen-bond acceptors (Lipinski definition) is 3. The Hall–Kier alpha value is -1.38. The zero-order valence-electron chi connectivity index (χ0n) is 12.3. The highest BCUT2D eigenvalue weighted by Gasteiger charge is 2.43. The number of rotatable bonds is 6. The summed E-state index contributed by atoms with van der Waals surface area (Å²) in [5.74, 6) is 0.295. The molecule has 0 bridgehead atoms. The maximum atomic E-state index is 12.1. The summed E-state index contributed by atoms with van der Waals surface area (Å²) in [6.07, 6.45) is 2.09. The fourth-order valence-corrected chi connectivity index (χ4v) is 3.43. The molecule has 20 heavy (non-hydrogen) atoms. The van der Waals surface area contributed by atoms with Crippen molar-refractivity contribution in [3.63, 3.8) is 0 Å². The van der Waals surface area contributed by atoms with Crippen molar-refractivity contribution in [2.45, 2.75) is 38.8 Å². The van der Waals surface area contributed by atoms with Crippen molar-refractivity contribution >= 4 is 17.2 Å². The summed E-state index contributed by atoms with van der Waals surface area (Å²) in [4.78, 5) is 14.6. The molecule has 5 heteroatoms. The molecule has 108 valence electrons. The smallest absolute Gasteiger partial charge is 0.276 e. The van der Waals surface area contributed by atoms with Gasteiger partial charge < -0.3 is 10.2 Å². The van der Waals surface area contributed by atoms with E-state index < -0.39 is 5.54 Å². The van der Waals surface area contributed by atoms with Gasteiger partial charge in [-0.15, -0.1) is 11.3 Å². The lowest BCUT2D eigenvalue weighted by Crippen LogP contribution is -3.09. The van der Waals surface area contributed by atoms with Gasteiger partial charge in [0.15, 0.2) is 6.54 Å². The summed E-state index contributed by atoms with van der Waals surface area (Å²) >= 11 is 1.73. The second kappa shape index (κ2) is 5.94. The largest absolute Gasteiger partial charge is 0.333 e. The average Bonchev–Trinajstić information content (AvgIpc) is 3.16. The SMILES string of the molecule is Cc1ccsc1C[NH+](C)CC(=O)N[C@](C)(C#N)C1CC1. The predicted molar refractivity (Wildman–Crippen MR) is 79.4 cm³/mol. The highest BCUT2D eigenvalue weighted by molar-refractivity contribution is 7.10. The quantitative estimate of drug-likeness (QED) is 0.818. The molecule has 1 saturated carbocycles. The number of carbonyl (C=O) groups excluding carboxylic acids is 1. The fraction of sp³-hybridized carbons (Fsp3) is 0.600. The third kappa shape index (κ3) is 3.59. The van der Waals surface area contributed by atoms with Crippen LogP contribution >= 0.6 is 11.3 Å². The first-order valence-electron chi connectivity index (χ1n) is 7.01. The van der Waals surface area contributed by atoms with Crippen LogP contribution in [-0.4, -0.2) is 25.0 Å². The van der Waals surface area contributed by atoms with Crippen molar-refractivity contribution in [3.8, 4) is 6.07 Å². The van der Waals surface area contributed by atoms with E-state index in [9.17, 15) is 10.1 Å². The number of hydrogen-bond donors (Lipinski definition) is 2. The van der Waals surface area contributed by atoms with Gasteiger partial charge in [0.25, 0.3) is 5.91 Å². The number of thiophene rings is 1. The Bertz CT molecular complexity index is 529. The average molecular weight is 292 g/mol. The van der Waals surface area contributed by atoms with Crippen LogP contribution in [0.5, 0.6) is 0 Å². The van der Waals surface area contributed by atoms with E-state index in [0.29, 0.717) is 12.5 Å². The molecule has 2 rings (SSSR count). The number of nitriles is 1. The van der Waals surface area contributed by atoms with Gasteiger partial charge in [0, 0.05) is 0 Å². The molecule has 2 N–H and O–H groups in total. The first kappa shape index (κ1) is 15.0. The molecule has 1 heterocycles. The van der Waals surface area contributed by atoms with E-state index in [1.165, 1.54) is 10.4 Å². The van der Waals surface area contributed by atoms with Gasteiger partial charge in [-0.2, -0.15) is 5.26 Å². The van der Waals surface area contributed by atoms with Crippen LogP contribution in [0.3, 0.4) is 0 Å². The number of nitrogens with zero attached hydrogens (tertiary/aromatic N) is 1. The highest BCUT2D eigenvalue weighted by atomic mass is 32.1. The van der Waals surface area contributed by atoms with Gasteiger partial charge in [0.2, 0.25) is 0 Å². The van der Waals surface area contributed by atoms with E-state index in [1.807, 2.05) is 14.0 Å². The Morgan fingerprint density at radius 2 is 2.35 bits per heavy atom. The molecule has 0 aliphatic heterocycles. The zero-order chi connectivity index (χ0) is 14.8. The van der Waals surface area contributed by atoms with Crippen LogP contribution < -0.4 is 10.2 Å². The molecule has 0 saturated heterocycles. The fourth-order valence-electron chi connectivity index (χ4n) is 2.41. The number of quaternary nitrogens is 1. The second-order valence-electron chi connectivity index (χ2n) is 5.97. The van der Waals surface area contributed by atoms with Crippen molar-refractivity contribution < 1.29 is 9.69 Å². The van der Waals surface area contributed by atoms with Crippen molar-refractivity contribution in [2.24, 2.45) is 5.92 Å². The van der Waals surface area contributed by atoms with E-state index in [0.717, 1.165) is 24.3 Å². The molecule has 1 amide bonds.